The van der Waals surface area contributed by atoms with Gasteiger partial charge in [0.25, 0.3) is 0 Å². The first-order valence-electron chi connectivity index (χ1n) is 5.35. The van der Waals surface area contributed by atoms with Gasteiger partial charge in [0.2, 0.25) is 0 Å². The summed E-state index contributed by atoms with van der Waals surface area (Å²) in [5.74, 6) is 0.175. The molecule has 1 rings (SSSR count). The average Bonchev–Trinajstić information content (AvgIpc) is 2.19. The van der Waals surface area contributed by atoms with Gasteiger partial charge in [-0.1, -0.05) is 23.7 Å². The van der Waals surface area contributed by atoms with Crippen LogP contribution >= 0.6 is 11.6 Å². The maximum Gasteiger partial charge on any atom is 0.138 e. The third kappa shape index (κ3) is 4.00. The molecule has 2 N–H and O–H groups in total. The molecule has 0 aliphatic rings. The molecule has 3 nitrogen and oxygen atoms in total. The summed E-state index contributed by atoms with van der Waals surface area (Å²) in [5.41, 5.74) is 0.832. The average molecular weight is 243 g/mol. The molecule has 90 valence electrons. The van der Waals surface area contributed by atoms with Crippen molar-refractivity contribution in [2.24, 2.45) is 0 Å². The number of benzene rings is 1. The Balaban J connectivity index is 2.51. The smallest absolute Gasteiger partial charge is 0.138 e. The Morgan fingerprint density at radius 3 is 2.75 bits per heavy atom. The number of hydrogen-bond donors (Lipinski definition) is 2. The van der Waals surface area contributed by atoms with Gasteiger partial charge in [0.1, 0.15) is 5.75 Å². The summed E-state index contributed by atoms with van der Waals surface area (Å²) in [6.07, 6.45) is 0. The molecule has 0 radical (unpaired) electrons. The van der Waals surface area contributed by atoms with E-state index in [0.29, 0.717) is 17.6 Å². The highest BCUT2D eigenvalue weighted by Gasteiger charge is 2.07. The molecule has 16 heavy (non-hydrogen) atoms. The maximum atomic E-state index is 9.71. The molecule has 0 bridgehead atoms. The van der Waals surface area contributed by atoms with Crippen LogP contribution in [0, 0.1) is 0 Å². The van der Waals surface area contributed by atoms with Crippen LogP contribution in [0.3, 0.4) is 0 Å². The van der Waals surface area contributed by atoms with Crippen molar-refractivity contribution in [3.63, 3.8) is 0 Å². The normalized spacial score (nSPS) is 13.1. The molecule has 0 spiro atoms. The molecular formula is C12H19ClN2O. The largest absolute Gasteiger partial charge is 0.506 e. The molecule has 0 fully saturated rings. The lowest BCUT2D eigenvalue weighted by Gasteiger charge is -2.18. The molecule has 0 aliphatic heterocycles. The Labute approximate surface area is 102 Å². The second-order valence-corrected chi connectivity index (χ2v) is 4.70. The number of likely N-dealkylation sites (N-methyl/N-ethyl adjacent to an activating group) is 1. The monoisotopic (exact) mass is 242 g/mol. The Kier molecular flexibility index (Phi) is 5.06. The quantitative estimate of drug-likeness (QED) is 0.830. The Morgan fingerprint density at radius 1 is 1.44 bits per heavy atom. The molecule has 1 atom stereocenters. The van der Waals surface area contributed by atoms with Crippen molar-refractivity contribution in [2.75, 3.05) is 20.6 Å². The van der Waals surface area contributed by atoms with E-state index in [1.807, 2.05) is 26.2 Å². The summed E-state index contributed by atoms with van der Waals surface area (Å²) in [6.45, 7) is 3.70. The Bertz CT molecular complexity index is 342. The highest BCUT2D eigenvalue weighted by atomic mass is 35.5. The minimum absolute atomic E-state index is 0.175. The fraction of sp³-hybridized carbons (Fsp3) is 0.500. The minimum atomic E-state index is 0.175. The topological polar surface area (TPSA) is 35.5 Å². The van der Waals surface area contributed by atoms with Crippen LogP contribution in [0.4, 0.5) is 0 Å². The zero-order valence-electron chi connectivity index (χ0n) is 10.00. The van der Waals surface area contributed by atoms with Crippen LogP contribution in [0.2, 0.25) is 5.02 Å². The molecule has 1 aromatic carbocycles. The van der Waals surface area contributed by atoms with Gasteiger partial charge in [-0.3, -0.25) is 0 Å². The summed E-state index contributed by atoms with van der Waals surface area (Å²) in [7, 11) is 4.07. The zero-order valence-corrected chi connectivity index (χ0v) is 10.8. The van der Waals surface area contributed by atoms with E-state index in [-0.39, 0.29) is 5.75 Å². The minimum Gasteiger partial charge on any atom is -0.506 e. The van der Waals surface area contributed by atoms with E-state index < -0.39 is 0 Å². The molecule has 0 saturated heterocycles. The van der Waals surface area contributed by atoms with Crippen molar-refractivity contribution >= 4 is 11.6 Å². The summed E-state index contributed by atoms with van der Waals surface area (Å²) in [5, 5.41) is 13.5. The first kappa shape index (κ1) is 13.3. The number of hydrogen-bond acceptors (Lipinski definition) is 3. The van der Waals surface area contributed by atoms with E-state index in [1.54, 1.807) is 6.07 Å². The Hall–Kier alpha value is -0.770. The van der Waals surface area contributed by atoms with Crippen molar-refractivity contribution in [1.29, 1.82) is 0 Å². The summed E-state index contributed by atoms with van der Waals surface area (Å²) < 4.78 is 0. The molecular weight excluding hydrogens is 224 g/mol. The van der Waals surface area contributed by atoms with Crippen molar-refractivity contribution in [3.05, 3.63) is 28.8 Å². The lowest BCUT2D eigenvalue weighted by molar-refractivity contribution is 0.347. The molecule has 4 heteroatoms. The van der Waals surface area contributed by atoms with E-state index in [2.05, 4.69) is 17.1 Å². The van der Waals surface area contributed by atoms with Gasteiger partial charge < -0.3 is 15.3 Å². The number of rotatable bonds is 5. The van der Waals surface area contributed by atoms with E-state index in [9.17, 15) is 5.11 Å². The van der Waals surface area contributed by atoms with Gasteiger partial charge in [-0.05, 0) is 27.1 Å². The molecule has 1 unspecified atom stereocenters. The van der Waals surface area contributed by atoms with Crippen LogP contribution in [0.15, 0.2) is 18.2 Å². The van der Waals surface area contributed by atoms with Crippen molar-refractivity contribution in [3.8, 4) is 5.75 Å². The number of phenols is 1. The fourth-order valence-corrected chi connectivity index (χ4v) is 1.79. The van der Waals surface area contributed by atoms with Gasteiger partial charge in [0.05, 0.1) is 5.02 Å². The van der Waals surface area contributed by atoms with E-state index in [0.717, 1.165) is 12.1 Å². The van der Waals surface area contributed by atoms with Crippen LogP contribution < -0.4 is 5.32 Å². The second-order valence-electron chi connectivity index (χ2n) is 4.29. The van der Waals surface area contributed by atoms with E-state index in [4.69, 9.17) is 11.6 Å². The highest BCUT2D eigenvalue weighted by molar-refractivity contribution is 6.32. The molecule has 0 aromatic heterocycles. The second kappa shape index (κ2) is 6.09. The van der Waals surface area contributed by atoms with Gasteiger partial charge in [0, 0.05) is 24.7 Å². The Morgan fingerprint density at radius 2 is 2.12 bits per heavy atom. The first-order valence-corrected chi connectivity index (χ1v) is 5.73. The van der Waals surface area contributed by atoms with Crippen LogP contribution in [0.1, 0.15) is 12.5 Å². The number of nitrogens with one attached hydrogen (secondary N) is 1. The number of phenolic OH excluding ortho intramolecular Hbond substituents is 1. The van der Waals surface area contributed by atoms with Crippen LogP contribution in [0.25, 0.3) is 0 Å². The number of para-hydroxylation sites is 1. The predicted molar refractivity (Wildman–Crippen MR) is 68.0 cm³/mol. The van der Waals surface area contributed by atoms with Gasteiger partial charge in [-0.25, -0.2) is 0 Å². The standard InChI is InChI=1S/C12H19ClN2O/c1-9(8-15(2)3)14-7-10-5-4-6-11(13)12(10)16/h4-6,9,14,16H,7-8H2,1-3H3. The van der Waals surface area contributed by atoms with Crippen molar-refractivity contribution < 1.29 is 5.11 Å². The highest BCUT2D eigenvalue weighted by Crippen LogP contribution is 2.26. The first-order chi connectivity index (χ1) is 7.50. The maximum absolute atomic E-state index is 9.71. The number of aromatic hydroxyl groups is 1. The summed E-state index contributed by atoms with van der Waals surface area (Å²) in [6, 6.07) is 5.77. The molecule has 0 saturated carbocycles. The van der Waals surface area contributed by atoms with E-state index in [1.165, 1.54) is 0 Å². The fourth-order valence-electron chi connectivity index (χ4n) is 1.60. The molecule has 0 heterocycles. The molecule has 1 aromatic rings. The molecule has 0 amide bonds. The van der Waals surface area contributed by atoms with E-state index >= 15 is 0 Å². The van der Waals surface area contributed by atoms with Gasteiger partial charge >= 0.3 is 0 Å². The van der Waals surface area contributed by atoms with Crippen molar-refractivity contribution in [2.45, 2.75) is 19.5 Å². The van der Waals surface area contributed by atoms with Gasteiger partial charge in [-0.15, -0.1) is 0 Å². The lowest BCUT2D eigenvalue weighted by atomic mass is 10.2. The summed E-state index contributed by atoms with van der Waals surface area (Å²) >= 11 is 5.83. The lowest BCUT2D eigenvalue weighted by Crippen LogP contribution is -2.35. The zero-order chi connectivity index (χ0) is 12.1. The third-order valence-corrected chi connectivity index (χ3v) is 2.66. The number of nitrogens with zero attached hydrogens (tertiary/aromatic N) is 1. The predicted octanol–water partition coefficient (Wildman–Crippen LogP) is 2.09. The number of halogens is 1. The summed E-state index contributed by atoms with van der Waals surface area (Å²) in [4.78, 5) is 2.12. The van der Waals surface area contributed by atoms with Crippen LogP contribution in [-0.4, -0.2) is 36.7 Å². The molecule has 0 aliphatic carbocycles. The van der Waals surface area contributed by atoms with Crippen LogP contribution in [-0.2, 0) is 6.54 Å². The van der Waals surface area contributed by atoms with Gasteiger partial charge in [0.15, 0.2) is 0 Å². The van der Waals surface area contributed by atoms with Crippen molar-refractivity contribution in [1.82, 2.24) is 10.2 Å². The van der Waals surface area contributed by atoms with Crippen LogP contribution in [0.5, 0.6) is 5.75 Å². The van der Waals surface area contributed by atoms with Gasteiger partial charge in [-0.2, -0.15) is 0 Å². The third-order valence-electron chi connectivity index (χ3n) is 2.35. The SMILES string of the molecule is CC(CN(C)C)NCc1cccc(Cl)c1O.